The molecule has 2 N–H and O–H groups in total. The Kier molecular flexibility index (Phi) is 9.56. The van der Waals surface area contributed by atoms with Gasteiger partial charge < -0.3 is 10.2 Å². The van der Waals surface area contributed by atoms with Gasteiger partial charge in [0, 0.05) is 32.7 Å². The number of hydrogen-bond donors (Lipinski definition) is 1. The lowest BCUT2D eigenvalue weighted by Crippen LogP contribution is -2.40. The van der Waals surface area contributed by atoms with Gasteiger partial charge in [-0.25, -0.2) is 15.0 Å². The molecule has 7 nitrogen and oxygen atoms in total. The Labute approximate surface area is 258 Å². The Morgan fingerprint density at radius 3 is 2.39 bits per heavy atom. The maximum Gasteiger partial charge on any atom is 0.193 e. The van der Waals surface area contributed by atoms with E-state index >= 15 is 0 Å². The zero-order valence-electron chi connectivity index (χ0n) is 23.2. The van der Waals surface area contributed by atoms with Crippen molar-refractivity contribution in [1.29, 1.82) is 10.5 Å². The van der Waals surface area contributed by atoms with Gasteiger partial charge in [-0.05, 0) is 36.2 Å². The summed E-state index contributed by atoms with van der Waals surface area (Å²) in [5.41, 5.74) is 9.21. The molecule has 0 aliphatic heterocycles. The molecular weight excluding hydrogens is 608 g/mol. The molecule has 0 bridgehead atoms. The minimum atomic E-state index is -1.90. The standard InChI is InChI=1S/C29H27ClN6OS3Si/c1-29(2,3)41(4,5)37-12-6-7-24-35-23(17-38-24)25-21(13-31)26(33)36-28(22(25)14-32)40-16-20-15-39-27(34-20)18-8-10-19(30)11-9-18/h8-11,15,17H,12,16H2,1-5H3,(H2,33,36). The fourth-order valence-corrected chi connectivity index (χ4v) is 6.88. The molecule has 0 atom stereocenters. The molecule has 0 fully saturated rings. The summed E-state index contributed by atoms with van der Waals surface area (Å²) in [6.45, 7) is 11.2. The summed E-state index contributed by atoms with van der Waals surface area (Å²) < 4.78 is 6.13. The fourth-order valence-electron chi connectivity index (χ4n) is 3.39. The van der Waals surface area contributed by atoms with Crippen LogP contribution in [-0.2, 0) is 10.2 Å². The molecule has 0 spiro atoms. The smallest absolute Gasteiger partial charge is 0.193 e. The van der Waals surface area contributed by atoms with E-state index in [2.05, 4.69) is 67.8 Å². The molecule has 0 saturated carbocycles. The summed E-state index contributed by atoms with van der Waals surface area (Å²) in [6, 6.07) is 11.8. The van der Waals surface area contributed by atoms with Gasteiger partial charge in [0.1, 0.15) is 33.6 Å². The third-order valence-electron chi connectivity index (χ3n) is 6.68. The highest BCUT2D eigenvalue weighted by Gasteiger charge is 2.36. The fraction of sp³-hybridized carbons (Fsp3) is 0.276. The van der Waals surface area contributed by atoms with Crippen LogP contribution in [0.15, 0.2) is 40.1 Å². The van der Waals surface area contributed by atoms with Gasteiger partial charge in [0.05, 0.1) is 23.6 Å². The van der Waals surface area contributed by atoms with E-state index in [1.165, 1.54) is 34.4 Å². The molecule has 0 saturated heterocycles. The Bertz CT molecular complexity index is 1720. The van der Waals surface area contributed by atoms with Gasteiger partial charge in [0.25, 0.3) is 0 Å². The maximum atomic E-state index is 10.1. The summed E-state index contributed by atoms with van der Waals surface area (Å²) >= 11 is 10.2. The van der Waals surface area contributed by atoms with E-state index in [-0.39, 0.29) is 22.0 Å². The topological polar surface area (TPSA) is 122 Å². The third-order valence-corrected chi connectivity index (χ3v) is 14.1. The van der Waals surface area contributed by atoms with Crippen LogP contribution in [0.5, 0.6) is 0 Å². The van der Waals surface area contributed by atoms with E-state index in [0.29, 0.717) is 38.7 Å². The summed E-state index contributed by atoms with van der Waals surface area (Å²) in [5, 5.41) is 26.4. The lowest BCUT2D eigenvalue weighted by molar-refractivity contribution is 0.334. The summed E-state index contributed by atoms with van der Waals surface area (Å²) in [7, 11) is -1.90. The van der Waals surface area contributed by atoms with Crippen molar-refractivity contribution in [2.45, 2.75) is 49.7 Å². The van der Waals surface area contributed by atoms with E-state index < -0.39 is 8.32 Å². The van der Waals surface area contributed by atoms with Gasteiger partial charge in [-0.1, -0.05) is 62.2 Å². The molecule has 41 heavy (non-hydrogen) atoms. The van der Waals surface area contributed by atoms with Crippen LogP contribution in [0.4, 0.5) is 5.82 Å². The number of rotatable bonds is 7. The molecular formula is C29H27ClN6OS3Si. The highest BCUT2D eigenvalue weighted by Crippen LogP contribution is 2.38. The number of halogens is 1. The van der Waals surface area contributed by atoms with Crippen molar-refractivity contribution in [1.82, 2.24) is 15.0 Å². The number of nitrogen functional groups attached to an aromatic ring is 1. The van der Waals surface area contributed by atoms with Crippen LogP contribution in [0, 0.1) is 34.5 Å². The number of aromatic nitrogens is 3. The van der Waals surface area contributed by atoms with Crippen LogP contribution in [0.2, 0.25) is 23.2 Å². The SMILES string of the molecule is CC(C)(C)[Si](C)(C)OCC#Cc1nc(-c2c(C#N)c(N)nc(SCc3csc(-c4ccc(Cl)cc4)n3)c2C#N)cs1. The molecule has 3 heterocycles. The van der Waals surface area contributed by atoms with Crippen LogP contribution in [-0.4, -0.2) is 29.9 Å². The van der Waals surface area contributed by atoms with E-state index in [9.17, 15) is 10.5 Å². The number of nitrogens with two attached hydrogens (primary N) is 1. The van der Waals surface area contributed by atoms with Gasteiger partial charge in [0.15, 0.2) is 13.3 Å². The Hall–Kier alpha value is -3.21. The minimum Gasteiger partial charge on any atom is -0.406 e. The highest BCUT2D eigenvalue weighted by atomic mass is 35.5. The van der Waals surface area contributed by atoms with Crippen LogP contribution < -0.4 is 5.73 Å². The normalized spacial score (nSPS) is 11.4. The average Bonchev–Trinajstić information content (AvgIpc) is 3.59. The van der Waals surface area contributed by atoms with Crippen molar-refractivity contribution >= 4 is 60.2 Å². The minimum absolute atomic E-state index is 0.0486. The molecule has 0 amide bonds. The average molecular weight is 635 g/mol. The second kappa shape index (κ2) is 12.8. The lowest BCUT2D eigenvalue weighted by atomic mass is 10.0. The Morgan fingerprint density at radius 2 is 1.73 bits per heavy atom. The number of pyridine rings is 1. The Balaban J connectivity index is 1.57. The number of benzene rings is 1. The molecule has 4 aromatic rings. The van der Waals surface area contributed by atoms with E-state index in [1.54, 1.807) is 5.38 Å². The Morgan fingerprint density at radius 1 is 1.02 bits per heavy atom. The van der Waals surface area contributed by atoms with Crippen molar-refractivity contribution in [3.63, 3.8) is 0 Å². The number of hydrogen-bond acceptors (Lipinski definition) is 10. The van der Waals surface area contributed by atoms with Gasteiger partial charge in [0.2, 0.25) is 0 Å². The van der Waals surface area contributed by atoms with Crippen molar-refractivity contribution in [2.75, 3.05) is 12.3 Å². The second-order valence-electron chi connectivity index (χ2n) is 10.5. The van der Waals surface area contributed by atoms with Crippen molar-refractivity contribution in [2.24, 2.45) is 0 Å². The van der Waals surface area contributed by atoms with Gasteiger partial charge in [-0.15, -0.1) is 22.7 Å². The predicted octanol–water partition coefficient (Wildman–Crippen LogP) is 7.97. The van der Waals surface area contributed by atoms with Crippen LogP contribution in [0.3, 0.4) is 0 Å². The number of nitriles is 2. The summed E-state index contributed by atoms with van der Waals surface area (Å²) in [5.74, 6) is 6.63. The molecule has 1 aromatic carbocycles. The lowest BCUT2D eigenvalue weighted by Gasteiger charge is -2.35. The quantitative estimate of drug-likeness (QED) is 0.123. The first-order chi connectivity index (χ1) is 19.4. The van der Waals surface area contributed by atoms with Gasteiger partial charge in [-0.2, -0.15) is 10.5 Å². The van der Waals surface area contributed by atoms with Crippen LogP contribution in [0.1, 0.15) is 42.6 Å². The van der Waals surface area contributed by atoms with Gasteiger partial charge >= 0.3 is 0 Å². The molecule has 12 heteroatoms. The van der Waals surface area contributed by atoms with E-state index in [4.69, 9.17) is 26.7 Å². The highest BCUT2D eigenvalue weighted by molar-refractivity contribution is 7.98. The zero-order valence-corrected chi connectivity index (χ0v) is 27.4. The number of nitrogens with zero attached hydrogens (tertiary/aromatic N) is 5. The number of anilines is 1. The molecule has 0 unspecified atom stereocenters. The molecule has 0 aliphatic rings. The first-order valence-electron chi connectivity index (χ1n) is 12.5. The maximum absolute atomic E-state index is 10.1. The van der Waals surface area contributed by atoms with Gasteiger partial charge in [-0.3, -0.25) is 0 Å². The molecule has 4 rings (SSSR count). The van der Waals surface area contributed by atoms with Crippen molar-refractivity contribution in [3.8, 4) is 45.8 Å². The first-order valence-corrected chi connectivity index (χ1v) is 18.5. The first kappa shape index (κ1) is 30.7. The predicted molar refractivity (Wildman–Crippen MR) is 171 cm³/mol. The summed E-state index contributed by atoms with van der Waals surface area (Å²) in [4.78, 5) is 13.7. The van der Waals surface area contributed by atoms with E-state index in [0.717, 1.165) is 16.3 Å². The third kappa shape index (κ3) is 7.17. The molecule has 208 valence electrons. The van der Waals surface area contributed by atoms with Crippen molar-refractivity contribution < 1.29 is 4.43 Å². The number of thioether (sulfide) groups is 1. The molecule has 0 aliphatic carbocycles. The monoisotopic (exact) mass is 634 g/mol. The molecule has 0 radical (unpaired) electrons. The van der Waals surface area contributed by atoms with Crippen molar-refractivity contribution in [3.05, 3.63) is 61.9 Å². The summed E-state index contributed by atoms with van der Waals surface area (Å²) in [6.07, 6.45) is 0. The van der Waals surface area contributed by atoms with Crippen LogP contribution in [0.25, 0.3) is 21.8 Å². The molecule has 3 aromatic heterocycles. The zero-order chi connectivity index (χ0) is 29.8. The number of thiazole rings is 2. The van der Waals surface area contributed by atoms with Crippen LogP contribution >= 0.6 is 46.0 Å². The second-order valence-corrected chi connectivity index (χ2v) is 18.4. The van der Waals surface area contributed by atoms with E-state index in [1.807, 2.05) is 29.6 Å². The largest absolute Gasteiger partial charge is 0.406 e.